The van der Waals surface area contributed by atoms with E-state index in [0.29, 0.717) is 35.1 Å². The van der Waals surface area contributed by atoms with Crippen molar-refractivity contribution in [2.75, 3.05) is 0 Å². The molecule has 2 aromatic carbocycles. The lowest BCUT2D eigenvalue weighted by molar-refractivity contribution is 0.445. The first-order chi connectivity index (χ1) is 12.6. The summed E-state index contributed by atoms with van der Waals surface area (Å²) in [6.45, 7) is 14.2. The quantitative estimate of drug-likeness (QED) is 0.710. The first-order valence-corrected chi connectivity index (χ1v) is 10.2. The Morgan fingerprint density at radius 1 is 0.815 bits per heavy atom. The van der Waals surface area contributed by atoms with Crippen LogP contribution >= 0.6 is 0 Å². The molecular formula is C22H26O4S. The number of allylic oxidation sites excluding steroid dienone is 2. The second-order valence-corrected chi connectivity index (χ2v) is 8.62. The van der Waals surface area contributed by atoms with Crippen molar-refractivity contribution in [1.82, 2.24) is 0 Å². The van der Waals surface area contributed by atoms with E-state index >= 15 is 0 Å². The second-order valence-electron chi connectivity index (χ2n) is 6.80. The second kappa shape index (κ2) is 7.61. The van der Waals surface area contributed by atoms with Crippen molar-refractivity contribution in [3.05, 3.63) is 70.8 Å². The van der Waals surface area contributed by atoms with Crippen molar-refractivity contribution in [3.63, 3.8) is 0 Å². The molecular weight excluding hydrogens is 360 g/mol. The van der Waals surface area contributed by atoms with E-state index in [9.17, 15) is 18.6 Å². The average Bonchev–Trinajstić information content (AvgIpc) is 2.58. The SMILES string of the molecule is C=CCc1cc(C)c(C)c(S(=O)(=O)c2c(C)c(C)cc(CC=C)c2O)c1O. The lowest BCUT2D eigenvalue weighted by atomic mass is 10.0. The van der Waals surface area contributed by atoms with Gasteiger partial charge in [0.25, 0.3) is 0 Å². The molecule has 0 unspecified atom stereocenters. The van der Waals surface area contributed by atoms with Crippen LogP contribution in [-0.4, -0.2) is 18.6 Å². The predicted octanol–water partition coefficient (Wildman–Crippen LogP) is 4.62. The highest BCUT2D eigenvalue weighted by Gasteiger charge is 2.32. The molecule has 0 saturated heterocycles. The molecule has 0 spiro atoms. The fraction of sp³-hybridized carbons (Fsp3) is 0.273. The van der Waals surface area contributed by atoms with Gasteiger partial charge in [0.05, 0.1) is 0 Å². The summed E-state index contributed by atoms with van der Waals surface area (Å²) >= 11 is 0. The van der Waals surface area contributed by atoms with Gasteiger partial charge in [-0.2, -0.15) is 0 Å². The summed E-state index contributed by atoms with van der Waals surface area (Å²) < 4.78 is 27.1. The number of hydrogen-bond acceptors (Lipinski definition) is 4. The number of sulfone groups is 1. The minimum atomic E-state index is -4.16. The molecule has 0 fully saturated rings. The van der Waals surface area contributed by atoms with Crippen LogP contribution in [0.15, 0.2) is 47.2 Å². The Morgan fingerprint density at radius 2 is 1.15 bits per heavy atom. The van der Waals surface area contributed by atoms with Gasteiger partial charge in [0.1, 0.15) is 21.3 Å². The van der Waals surface area contributed by atoms with Gasteiger partial charge < -0.3 is 10.2 Å². The third-order valence-corrected chi connectivity index (χ3v) is 7.02. The molecule has 0 atom stereocenters. The smallest absolute Gasteiger partial charge is 0.214 e. The number of aryl methyl sites for hydroxylation is 2. The molecule has 144 valence electrons. The zero-order chi connectivity index (χ0) is 20.5. The van der Waals surface area contributed by atoms with E-state index in [1.54, 1.807) is 52.0 Å². The molecule has 2 rings (SSSR count). The maximum Gasteiger partial charge on any atom is 0.214 e. The third-order valence-electron chi connectivity index (χ3n) is 4.95. The van der Waals surface area contributed by atoms with Crippen LogP contribution in [0.2, 0.25) is 0 Å². The standard InChI is InChI=1S/C22H26O4S/c1-7-9-17-11-13(3)15(5)21(19(17)23)27(25,26)22-16(6)14(4)12-18(10-8-2)20(22)24/h7-8,11-12,23-24H,1-2,9-10H2,3-6H3. The van der Waals surface area contributed by atoms with Crippen LogP contribution in [0, 0.1) is 27.7 Å². The minimum absolute atomic E-state index is 0.159. The molecule has 0 aromatic heterocycles. The molecule has 27 heavy (non-hydrogen) atoms. The summed E-state index contributed by atoms with van der Waals surface area (Å²) in [5.74, 6) is -0.577. The Hall–Kier alpha value is -2.53. The van der Waals surface area contributed by atoms with Crippen LogP contribution < -0.4 is 0 Å². The molecule has 2 aromatic rings. The lowest BCUT2D eigenvalue weighted by Gasteiger charge is -2.19. The Labute approximate surface area is 161 Å². The van der Waals surface area contributed by atoms with Crippen molar-refractivity contribution in [3.8, 4) is 11.5 Å². The summed E-state index contributed by atoms with van der Waals surface area (Å²) in [5.41, 5.74) is 3.40. The summed E-state index contributed by atoms with van der Waals surface area (Å²) in [6, 6.07) is 3.52. The van der Waals surface area contributed by atoms with Crippen molar-refractivity contribution in [1.29, 1.82) is 0 Å². The first-order valence-electron chi connectivity index (χ1n) is 8.68. The molecule has 0 amide bonds. The number of rotatable bonds is 6. The lowest BCUT2D eigenvalue weighted by Crippen LogP contribution is -2.11. The Balaban J connectivity index is 2.93. The van der Waals surface area contributed by atoms with Crippen LogP contribution in [-0.2, 0) is 22.7 Å². The van der Waals surface area contributed by atoms with Gasteiger partial charge in [0, 0.05) is 0 Å². The molecule has 4 nitrogen and oxygen atoms in total. The van der Waals surface area contributed by atoms with Gasteiger partial charge in [-0.15, -0.1) is 13.2 Å². The van der Waals surface area contributed by atoms with Gasteiger partial charge in [-0.05, 0) is 73.9 Å². The van der Waals surface area contributed by atoms with Crippen molar-refractivity contribution in [2.24, 2.45) is 0 Å². The van der Waals surface area contributed by atoms with Crippen LogP contribution in [0.5, 0.6) is 11.5 Å². The van der Waals surface area contributed by atoms with E-state index in [1.165, 1.54) is 0 Å². The maximum atomic E-state index is 13.6. The van der Waals surface area contributed by atoms with Crippen LogP contribution in [0.1, 0.15) is 33.4 Å². The fourth-order valence-electron chi connectivity index (χ4n) is 3.26. The zero-order valence-electron chi connectivity index (χ0n) is 16.3. The highest BCUT2D eigenvalue weighted by Crippen LogP contribution is 2.42. The Morgan fingerprint density at radius 3 is 1.44 bits per heavy atom. The van der Waals surface area contributed by atoms with Crippen molar-refractivity contribution >= 4 is 9.84 Å². The summed E-state index contributed by atoms with van der Waals surface area (Å²) in [7, 11) is -4.16. The summed E-state index contributed by atoms with van der Waals surface area (Å²) in [5, 5.41) is 21.4. The van der Waals surface area contributed by atoms with Gasteiger partial charge in [-0.25, -0.2) is 8.42 Å². The van der Waals surface area contributed by atoms with Crippen molar-refractivity contribution < 1.29 is 18.6 Å². The number of hydrogen-bond donors (Lipinski definition) is 2. The molecule has 0 heterocycles. The molecule has 0 radical (unpaired) electrons. The molecule has 0 bridgehead atoms. The van der Waals surface area contributed by atoms with Crippen LogP contribution in [0.25, 0.3) is 0 Å². The topological polar surface area (TPSA) is 74.6 Å². The van der Waals surface area contributed by atoms with Gasteiger partial charge in [0.2, 0.25) is 9.84 Å². The Bertz CT molecular complexity index is 954. The van der Waals surface area contributed by atoms with Gasteiger partial charge in [-0.1, -0.05) is 24.3 Å². The average molecular weight is 387 g/mol. The van der Waals surface area contributed by atoms with E-state index in [-0.39, 0.29) is 21.3 Å². The largest absolute Gasteiger partial charge is 0.506 e. The van der Waals surface area contributed by atoms with E-state index in [2.05, 4.69) is 13.2 Å². The normalized spacial score (nSPS) is 11.4. The van der Waals surface area contributed by atoms with Gasteiger partial charge in [0.15, 0.2) is 0 Å². The molecule has 0 aliphatic rings. The highest BCUT2D eigenvalue weighted by atomic mass is 32.2. The number of benzene rings is 2. The number of phenolic OH excluding ortho intramolecular Hbond substituents is 2. The summed E-state index contributed by atoms with van der Waals surface area (Å²) in [6.07, 6.45) is 3.90. The van der Waals surface area contributed by atoms with E-state index in [4.69, 9.17) is 0 Å². The fourth-order valence-corrected chi connectivity index (χ4v) is 5.37. The monoisotopic (exact) mass is 386 g/mol. The van der Waals surface area contributed by atoms with E-state index in [1.807, 2.05) is 0 Å². The van der Waals surface area contributed by atoms with Gasteiger partial charge >= 0.3 is 0 Å². The van der Waals surface area contributed by atoms with E-state index < -0.39 is 9.84 Å². The molecule has 2 N–H and O–H groups in total. The van der Waals surface area contributed by atoms with Crippen LogP contribution in [0.3, 0.4) is 0 Å². The zero-order valence-corrected chi connectivity index (χ0v) is 17.1. The molecule has 0 aliphatic carbocycles. The molecule has 0 saturated carbocycles. The highest BCUT2D eigenvalue weighted by molar-refractivity contribution is 7.91. The first kappa shape index (κ1) is 20.8. The predicted molar refractivity (Wildman–Crippen MR) is 108 cm³/mol. The Kier molecular flexibility index (Phi) is 5.85. The third kappa shape index (κ3) is 3.52. The van der Waals surface area contributed by atoms with Crippen LogP contribution in [0.4, 0.5) is 0 Å². The maximum absolute atomic E-state index is 13.6. The van der Waals surface area contributed by atoms with E-state index in [0.717, 1.165) is 11.1 Å². The number of aromatic hydroxyl groups is 2. The van der Waals surface area contributed by atoms with Crippen molar-refractivity contribution in [2.45, 2.75) is 50.3 Å². The summed E-state index contributed by atoms with van der Waals surface area (Å²) in [4.78, 5) is -0.319. The molecule has 0 aliphatic heterocycles. The minimum Gasteiger partial charge on any atom is -0.506 e. The number of phenols is 2. The van der Waals surface area contributed by atoms with Gasteiger partial charge in [-0.3, -0.25) is 0 Å². The molecule has 5 heteroatoms.